The van der Waals surface area contributed by atoms with Crippen LogP contribution in [0.4, 0.5) is 8.78 Å². The van der Waals surface area contributed by atoms with Crippen molar-refractivity contribution in [3.05, 3.63) is 106 Å². The standard InChI is InChI=1S/C30H22F2N2O6/c31-21-7-3-1-5-15(21)9-11-33-29(39)23-25(35)17-13-19-20(14-18(17)26(23)36)28(38)24(27(19)37)30(40)34-12-10-16-6-2-4-8-22(16)32/h1-8,13-14,23-24H,9-12H2,(H,33,39)(H,34,40). The van der Waals surface area contributed by atoms with Crippen molar-refractivity contribution in [2.45, 2.75) is 12.8 Å². The fourth-order valence-corrected chi connectivity index (χ4v) is 5.00. The van der Waals surface area contributed by atoms with E-state index in [1.54, 1.807) is 24.3 Å². The van der Waals surface area contributed by atoms with Crippen molar-refractivity contribution in [3.63, 3.8) is 0 Å². The third-order valence-corrected chi connectivity index (χ3v) is 7.10. The predicted molar refractivity (Wildman–Crippen MR) is 137 cm³/mol. The molecule has 8 nitrogen and oxygen atoms in total. The molecule has 40 heavy (non-hydrogen) atoms. The third-order valence-electron chi connectivity index (χ3n) is 7.10. The number of amides is 2. The summed E-state index contributed by atoms with van der Waals surface area (Å²) in [5.41, 5.74) is -0.0112. The first-order valence-electron chi connectivity index (χ1n) is 12.6. The number of hydrogen-bond donors (Lipinski definition) is 2. The largest absolute Gasteiger partial charge is 0.355 e. The van der Waals surface area contributed by atoms with Gasteiger partial charge < -0.3 is 10.6 Å². The molecule has 0 aromatic heterocycles. The number of benzene rings is 3. The summed E-state index contributed by atoms with van der Waals surface area (Å²) in [6.07, 6.45) is 0.281. The molecular weight excluding hydrogens is 522 g/mol. The van der Waals surface area contributed by atoms with E-state index in [-0.39, 0.29) is 48.2 Å². The molecule has 0 heterocycles. The minimum absolute atomic E-state index is 0.0195. The number of nitrogens with one attached hydrogen (secondary N) is 2. The van der Waals surface area contributed by atoms with E-state index in [0.717, 1.165) is 12.1 Å². The van der Waals surface area contributed by atoms with Crippen LogP contribution in [0.25, 0.3) is 0 Å². The second-order valence-electron chi connectivity index (χ2n) is 9.53. The van der Waals surface area contributed by atoms with E-state index in [0.29, 0.717) is 11.1 Å². The Hall–Kier alpha value is -4.86. The molecule has 2 N–H and O–H groups in total. The summed E-state index contributed by atoms with van der Waals surface area (Å²) in [6, 6.07) is 14.2. The Morgan fingerprint density at radius 3 is 1.23 bits per heavy atom. The highest BCUT2D eigenvalue weighted by molar-refractivity contribution is 6.39. The molecule has 0 fully saturated rings. The molecule has 3 aromatic rings. The van der Waals surface area contributed by atoms with Crippen molar-refractivity contribution in [1.29, 1.82) is 0 Å². The molecule has 10 heteroatoms. The monoisotopic (exact) mass is 544 g/mol. The molecule has 0 saturated heterocycles. The van der Waals surface area contributed by atoms with Gasteiger partial charge >= 0.3 is 0 Å². The molecule has 0 radical (unpaired) electrons. The second kappa shape index (κ2) is 10.7. The van der Waals surface area contributed by atoms with E-state index in [4.69, 9.17) is 0 Å². The number of Topliss-reactive ketones (excluding diaryl/α,β-unsaturated/α-hetero) is 4. The summed E-state index contributed by atoms with van der Waals surface area (Å²) >= 11 is 0. The topological polar surface area (TPSA) is 126 Å². The first kappa shape index (κ1) is 26.7. The lowest BCUT2D eigenvalue weighted by molar-refractivity contribution is -0.123. The minimum Gasteiger partial charge on any atom is -0.355 e. The molecule has 0 bridgehead atoms. The van der Waals surface area contributed by atoms with Gasteiger partial charge in [-0.1, -0.05) is 36.4 Å². The van der Waals surface area contributed by atoms with Crippen molar-refractivity contribution < 1.29 is 37.5 Å². The lowest BCUT2D eigenvalue weighted by atomic mass is 10.0. The predicted octanol–water partition coefficient (Wildman–Crippen LogP) is 2.67. The van der Waals surface area contributed by atoms with Crippen LogP contribution >= 0.6 is 0 Å². The molecule has 2 aliphatic rings. The number of carbonyl (C=O) groups excluding carboxylic acids is 6. The molecular formula is C30H22F2N2O6. The molecule has 0 saturated carbocycles. The van der Waals surface area contributed by atoms with E-state index in [1.165, 1.54) is 24.3 Å². The van der Waals surface area contributed by atoms with E-state index in [1.807, 2.05) is 0 Å². The summed E-state index contributed by atoms with van der Waals surface area (Å²) in [7, 11) is 0. The maximum Gasteiger partial charge on any atom is 0.238 e. The third kappa shape index (κ3) is 4.72. The minimum atomic E-state index is -1.69. The van der Waals surface area contributed by atoms with Crippen LogP contribution in [-0.2, 0) is 22.4 Å². The summed E-state index contributed by atoms with van der Waals surface area (Å²) in [5, 5.41) is 4.94. The number of halogens is 2. The fourth-order valence-electron chi connectivity index (χ4n) is 5.00. The smallest absolute Gasteiger partial charge is 0.238 e. The average molecular weight is 545 g/mol. The zero-order chi connectivity index (χ0) is 28.6. The number of hydrogen-bond acceptors (Lipinski definition) is 6. The Morgan fingerprint density at radius 1 is 0.575 bits per heavy atom. The second-order valence-corrected chi connectivity index (χ2v) is 9.53. The first-order valence-corrected chi connectivity index (χ1v) is 12.6. The number of carbonyl (C=O) groups is 6. The van der Waals surface area contributed by atoms with Crippen LogP contribution in [-0.4, -0.2) is 48.0 Å². The summed E-state index contributed by atoms with van der Waals surface area (Å²) in [5.74, 6) is -9.33. The Morgan fingerprint density at radius 2 is 0.900 bits per heavy atom. The van der Waals surface area contributed by atoms with Crippen LogP contribution in [0.3, 0.4) is 0 Å². The van der Waals surface area contributed by atoms with Crippen LogP contribution in [0.2, 0.25) is 0 Å². The summed E-state index contributed by atoms with van der Waals surface area (Å²) < 4.78 is 27.6. The lowest BCUT2D eigenvalue weighted by Crippen LogP contribution is -2.38. The van der Waals surface area contributed by atoms with Gasteiger partial charge in [0.05, 0.1) is 0 Å². The Balaban J connectivity index is 1.26. The van der Waals surface area contributed by atoms with Gasteiger partial charge in [-0.15, -0.1) is 0 Å². The number of fused-ring (bicyclic) bond motifs is 2. The van der Waals surface area contributed by atoms with Crippen molar-refractivity contribution in [2.24, 2.45) is 11.8 Å². The van der Waals surface area contributed by atoms with Gasteiger partial charge in [-0.25, -0.2) is 8.78 Å². The Kier molecular flexibility index (Phi) is 7.17. The van der Waals surface area contributed by atoms with Crippen molar-refractivity contribution in [2.75, 3.05) is 13.1 Å². The molecule has 2 amide bonds. The lowest BCUT2D eigenvalue weighted by Gasteiger charge is -2.09. The van der Waals surface area contributed by atoms with Crippen molar-refractivity contribution >= 4 is 34.9 Å². The number of rotatable bonds is 8. The molecule has 0 spiro atoms. The Bertz CT molecular complexity index is 1450. The molecule has 0 unspecified atom stereocenters. The van der Waals surface area contributed by atoms with Crippen molar-refractivity contribution in [1.82, 2.24) is 10.6 Å². The normalized spacial score (nSPS) is 14.8. The highest BCUT2D eigenvalue weighted by Gasteiger charge is 2.48. The van der Waals surface area contributed by atoms with Gasteiger partial charge in [0.1, 0.15) is 11.6 Å². The van der Waals surface area contributed by atoms with Crippen LogP contribution in [0.5, 0.6) is 0 Å². The average Bonchev–Trinajstić information content (AvgIpc) is 3.33. The highest BCUT2D eigenvalue weighted by atomic mass is 19.1. The van der Waals surface area contributed by atoms with Gasteiger partial charge in [0, 0.05) is 35.3 Å². The van der Waals surface area contributed by atoms with Gasteiger partial charge in [-0.05, 0) is 48.2 Å². The maximum atomic E-state index is 13.8. The van der Waals surface area contributed by atoms with E-state index >= 15 is 0 Å². The first-order chi connectivity index (χ1) is 19.2. The molecule has 3 aromatic carbocycles. The van der Waals surface area contributed by atoms with E-state index in [2.05, 4.69) is 10.6 Å². The Labute approximate surface area is 226 Å². The van der Waals surface area contributed by atoms with Crippen molar-refractivity contribution in [3.8, 4) is 0 Å². The maximum absolute atomic E-state index is 13.8. The van der Waals surface area contributed by atoms with Crippen LogP contribution in [0.15, 0.2) is 60.7 Å². The van der Waals surface area contributed by atoms with Gasteiger partial charge in [-0.3, -0.25) is 28.8 Å². The zero-order valence-electron chi connectivity index (χ0n) is 21.0. The zero-order valence-corrected chi connectivity index (χ0v) is 21.0. The molecule has 0 aliphatic heterocycles. The van der Waals surface area contributed by atoms with Crippen LogP contribution in [0, 0.1) is 23.5 Å². The van der Waals surface area contributed by atoms with E-state index < -0.39 is 58.4 Å². The molecule has 5 rings (SSSR count). The van der Waals surface area contributed by atoms with Gasteiger partial charge in [0.25, 0.3) is 0 Å². The van der Waals surface area contributed by atoms with Gasteiger partial charge in [-0.2, -0.15) is 0 Å². The SMILES string of the molecule is O=C(NCCc1ccccc1F)C1C(=O)c2cc3c(cc2C1=O)C(=O)C(C(=O)NCCc1ccccc1F)C3=O. The fraction of sp³-hybridized carbons (Fsp3) is 0.200. The quantitative estimate of drug-likeness (QED) is 0.420. The molecule has 202 valence electrons. The molecule has 0 atom stereocenters. The van der Waals surface area contributed by atoms with Gasteiger partial charge in [0.15, 0.2) is 35.0 Å². The van der Waals surface area contributed by atoms with Crippen LogP contribution in [0.1, 0.15) is 52.6 Å². The number of ketones is 4. The molecule has 2 aliphatic carbocycles. The van der Waals surface area contributed by atoms with E-state index in [9.17, 15) is 37.5 Å². The summed E-state index contributed by atoms with van der Waals surface area (Å²) in [4.78, 5) is 77.4. The van der Waals surface area contributed by atoms with Crippen LogP contribution < -0.4 is 10.6 Å². The highest BCUT2D eigenvalue weighted by Crippen LogP contribution is 2.35. The van der Waals surface area contributed by atoms with Gasteiger partial charge in [0.2, 0.25) is 11.8 Å². The summed E-state index contributed by atoms with van der Waals surface area (Å²) in [6.45, 7) is -0.0390.